The summed E-state index contributed by atoms with van der Waals surface area (Å²) in [4.78, 5) is 0. The highest BCUT2D eigenvalue weighted by Crippen LogP contribution is 2.24. The largest absolute Gasteiger partial charge is 0.393 e. The molecule has 2 heteroatoms. The first-order valence-corrected chi connectivity index (χ1v) is 7.16. The van der Waals surface area contributed by atoms with E-state index in [1.165, 1.54) is 38.5 Å². The Bertz CT molecular complexity index is 172. The third kappa shape index (κ3) is 4.84. The number of unbranched alkanes of at least 4 members (excludes halogenated alkanes) is 1. The van der Waals surface area contributed by atoms with Crippen molar-refractivity contribution in [3.05, 3.63) is 0 Å². The van der Waals surface area contributed by atoms with E-state index in [4.69, 9.17) is 0 Å². The lowest BCUT2D eigenvalue weighted by atomic mass is 9.99. The zero-order chi connectivity index (χ0) is 11.8. The summed E-state index contributed by atoms with van der Waals surface area (Å²) in [6.45, 7) is 6.70. The Labute approximate surface area is 101 Å². The van der Waals surface area contributed by atoms with Gasteiger partial charge < -0.3 is 10.4 Å². The van der Waals surface area contributed by atoms with E-state index in [2.05, 4.69) is 19.2 Å². The summed E-state index contributed by atoms with van der Waals surface area (Å²) in [6, 6.07) is 0. The second-order valence-corrected chi connectivity index (χ2v) is 5.33. The van der Waals surface area contributed by atoms with Gasteiger partial charge in [0.15, 0.2) is 0 Å². The Kier molecular flexibility index (Phi) is 7.06. The van der Waals surface area contributed by atoms with Crippen LogP contribution >= 0.6 is 0 Å². The molecule has 0 amide bonds. The minimum atomic E-state index is -0.0387. The zero-order valence-electron chi connectivity index (χ0n) is 11.0. The molecule has 0 spiro atoms. The molecule has 2 N–H and O–H groups in total. The van der Waals surface area contributed by atoms with E-state index in [9.17, 15) is 5.11 Å². The third-order valence-electron chi connectivity index (χ3n) is 4.00. The third-order valence-corrected chi connectivity index (χ3v) is 4.00. The molecule has 16 heavy (non-hydrogen) atoms. The van der Waals surface area contributed by atoms with Crippen LogP contribution in [0.25, 0.3) is 0 Å². The Balaban J connectivity index is 2.08. The van der Waals surface area contributed by atoms with Crippen LogP contribution in [-0.2, 0) is 0 Å². The lowest BCUT2D eigenvalue weighted by molar-refractivity contribution is 0.131. The number of rotatable bonds is 8. The highest BCUT2D eigenvalue weighted by atomic mass is 16.3. The van der Waals surface area contributed by atoms with E-state index >= 15 is 0 Å². The van der Waals surface area contributed by atoms with Crippen LogP contribution in [0.3, 0.4) is 0 Å². The molecule has 0 aromatic heterocycles. The molecule has 2 nitrogen and oxygen atoms in total. The first-order valence-electron chi connectivity index (χ1n) is 7.16. The molecule has 0 aliphatic heterocycles. The van der Waals surface area contributed by atoms with Crippen LogP contribution in [0, 0.1) is 11.8 Å². The summed E-state index contributed by atoms with van der Waals surface area (Å²) in [6.07, 6.45) is 8.68. The van der Waals surface area contributed by atoms with E-state index in [0.717, 1.165) is 25.4 Å². The van der Waals surface area contributed by atoms with Gasteiger partial charge in [-0.1, -0.05) is 39.5 Å². The zero-order valence-corrected chi connectivity index (χ0v) is 11.0. The molecule has 0 aromatic carbocycles. The molecular formula is C14H29NO. The summed E-state index contributed by atoms with van der Waals surface area (Å²) in [5, 5.41) is 13.3. The van der Waals surface area contributed by atoms with Gasteiger partial charge in [-0.2, -0.15) is 0 Å². The van der Waals surface area contributed by atoms with Gasteiger partial charge in [-0.25, -0.2) is 0 Å². The highest BCUT2D eigenvalue weighted by molar-refractivity contribution is 4.78. The van der Waals surface area contributed by atoms with E-state index < -0.39 is 0 Å². The van der Waals surface area contributed by atoms with Gasteiger partial charge in [0.1, 0.15) is 0 Å². The second kappa shape index (κ2) is 8.08. The van der Waals surface area contributed by atoms with Crippen LogP contribution in [0.2, 0.25) is 0 Å². The van der Waals surface area contributed by atoms with Crippen molar-refractivity contribution in [3.8, 4) is 0 Å². The molecule has 1 aliphatic carbocycles. The van der Waals surface area contributed by atoms with Crippen LogP contribution < -0.4 is 5.32 Å². The number of aliphatic hydroxyl groups is 1. The van der Waals surface area contributed by atoms with Crippen molar-refractivity contribution in [2.75, 3.05) is 13.1 Å². The number of hydrogen-bond donors (Lipinski definition) is 2. The maximum atomic E-state index is 9.71. The minimum Gasteiger partial charge on any atom is -0.393 e. The fourth-order valence-electron chi connectivity index (χ4n) is 2.67. The van der Waals surface area contributed by atoms with Crippen molar-refractivity contribution in [1.29, 1.82) is 0 Å². The molecular weight excluding hydrogens is 198 g/mol. The standard InChI is InChI=1S/C14H29NO/c1-3-5-7-12(4-2)10-15-11-13-8-6-9-14(13)16/h12-16H,3-11H2,1-2H3. The monoisotopic (exact) mass is 227 g/mol. The lowest BCUT2D eigenvalue weighted by Crippen LogP contribution is -2.31. The molecule has 1 rings (SSSR count). The molecule has 0 heterocycles. The Morgan fingerprint density at radius 2 is 2.12 bits per heavy atom. The Hall–Kier alpha value is -0.0800. The van der Waals surface area contributed by atoms with Gasteiger partial charge in [-0.05, 0) is 37.6 Å². The molecule has 1 fully saturated rings. The SMILES string of the molecule is CCCCC(CC)CNCC1CCCC1O. The molecule has 0 bridgehead atoms. The van der Waals surface area contributed by atoms with Crippen LogP contribution in [0.15, 0.2) is 0 Å². The van der Waals surface area contributed by atoms with Gasteiger partial charge in [0.25, 0.3) is 0 Å². The van der Waals surface area contributed by atoms with Crippen molar-refractivity contribution in [3.63, 3.8) is 0 Å². The second-order valence-electron chi connectivity index (χ2n) is 5.33. The van der Waals surface area contributed by atoms with Crippen molar-refractivity contribution in [1.82, 2.24) is 5.32 Å². The van der Waals surface area contributed by atoms with Crippen molar-refractivity contribution >= 4 is 0 Å². The normalized spacial score (nSPS) is 27.2. The summed E-state index contributed by atoms with van der Waals surface area (Å²) in [5.41, 5.74) is 0. The van der Waals surface area contributed by atoms with Gasteiger partial charge in [0, 0.05) is 6.54 Å². The molecule has 0 aromatic rings. The van der Waals surface area contributed by atoms with Crippen LogP contribution in [-0.4, -0.2) is 24.3 Å². The Morgan fingerprint density at radius 3 is 2.69 bits per heavy atom. The first kappa shape index (κ1) is 14.0. The van der Waals surface area contributed by atoms with Crippen LogP contribution in [0.4, 0.5) is 0 Å². The van der Waals surface area contributed by atoms with Gasteiger partial charge in [-0.3, -0.25) is 0 Å². The molecule has 0 saturated heterocycles. The molecule has 1 aliphatic rings. The molecule has 96 valence electrons. The lowest BCUT2D eigenvalue weighted by Gasteiger charge is -2.19. The molecule has 3 unspecified atom stereocenters. The summed E-state index contributed by atoms with van der Waals surface area (Å²) >= 11 is 0. The quantitative estimate of drug-likeness (QED) is 0.668. The Morgan fingerprint density at radius 1 is 1.31 bits per heavy atom. The average molecular weight is 227 g/mol. The number of aliphatic hydroxyl groups excluding tert-OH is 1. The molecule has 3 atom stereocenters. The van der Waals surface area contributed by atoms with Crippen molar-refractivity contribution in [2.45, 2.75) is 64.9 Å². The van der Waals surface area contributed by atoms with Gasteiger partial charge in [0.2, 0.25) is 0 Å². The fraction of sp³-hybridized carbons (Fsp3) is 1.00. The average Bonchev–Trinajstić information content (AvgIpc) is 2.69. The first-order chi connectivity index (χ1) is 7.77. The van der Waals surface area contributed by atoms with Crippen LogP contribution in [0.1, 0.15) is 58.8 Å². The highest BCUT2D eigenvalue weighted by Gasteiger charge is 2.24. The summed E-state index contributed by atoms with van der Waals surface area (Å²) < 4.78 is 0. The summed E-state index contributed by atoms with van der Waals surface area (Å²) in [5.74, 6) is 1.35. The van der Waals surface area contributed by atoms with E-state index in [-0.39, 0.29) is 6.10 Å². The molecule has 0 radical (unpaired) electrons. The fourth-order valence-corrected chi connectivity index (χ4v) is 2.67. The number of nitrogens with one attached hydrogen (secondary N) is 1. The predicted molar refractivity (Wildman–Crippen MR) is 69.5 cm³/mol. The van der Waals surface area contributed by atoms with Gasteiger partial charge in [-0.15, -0.1) is 0 Å². The summed E-state index contributed by atoms with van der Waals surface area (Å²) in [7, 11) is 0. The van der Waals surface area contributed by atoms with E-state index in [1.54, 1.807) is 0 Å². The topological polar surface area (TPSA) is 32.3 Å². The van der Waals surface area contributed by atoms with Crippen molar-refractivity contribution in [2.24, 2.45) is 11.8 Å². The van der Waals surface area contributed by atoms with Gasteiger partial charge >= 0.3 is 0 Å². The maximum absolute atomic E-state index is 9.71. The smallest absolute Gasteiger partial charge is 0.0580 e. The van der Waals surface area contributed by atoms with E-state index in [1.807, 2.05) is 0 Å². The number of hydrogen-bond acceptors (Lipinski definition) is 2. The van der Waals surface area contributed by atoms with Gasteiger partial charge in [0.05, 0.1) is 6.10 Å². The minimum absolute atomic E-state index is 0.0387. The van der Waals surface area contributed by atoms with Crippen LogP contribution in [0.5, 0.6) is 0 Å². The maximum Gasteiger partial charge on any atom is 0.0580 e. The van der Waals surface area contributed by atoms with Crippen molar-refractivity contribution < 1.29 is 5.11 Å². The van der Waals surface area contributed by atoms with E-state index in [0.29, 0.717) is 5.92 Å². The predicted octanol–water partition coefficient (Wildman–Crippen LogP) is 2.95. The molecule has 1 saturated carbocycles.